The van der Waals surface area contributed by atoms with Crippen LogP contribution in [0.5, 0.6) is 0 Å². The van der Waals surface area contributed by atoms with Crippen LogP contribution in [-0.2, 0) is 0 Å². The lowest BCUT2D eigenvalue weighted by Crippen LogP contribution is -2.07. The van der Waals surface area contributed by atoms with E-state index in [1.807, 2.05) is 50.2 Å². The number of benzene rings is 4. The third kappa shape index (κ3) is 4.16. The molecule has 0 atom stereocenters. The van der Waals surface area contributed by atoms with Crippen molar-refractivity contribution in [2.45, 2.75) is 13.8 Å². The Morgan fingerprint density at radius 2 is 0.875 bits per heavy atom. The maximum absolute atomic E-state index is 13.0. The molecule has 0 amide bonds. The summed E-state index contributed by atoms with van der Waals surface area (Å²) in [5.74, 6) is -0.286. The largest absolute Gasteiger partial charge is 0.398 e. The molecule has 0 unspecified atom stereocenters. The van der Waals surface area contributed by atoms with Gasteiger partial charge in [0.1, 0.15) is 0 Å². The molecule has 0 saturated heterocycles. The molecule has 0 bridgehead atoms. The quantitative estimate of drug-likeness (QED) is 0.325. The predicted molar refractivity (Wildman–Crippen MR) is 130 cm³/mol. The third-order valence-corrected chi connectivity index (χ3v) is 5.56. The van der Waals surface area contributed by atoms with Crippen molar-refractivity contribution in [1.82, 2.24) is 0 Å². The van der Waals surface area contributed by atoms with Gasteiger partial charge in [0, 0.05) is 33.6 Å². The second kappa shape index (κ2) is 8.52. The van der Waals surface area contributed by atoms with Crippen molar-refractivity contribution >= 4 is 22.9 Å². The van der Waals surface area contributed by atoms with E-state index in [4.69, 9.17) is 11.5 Å². The minimum Gasteiger partial charge on any atom is -0.398 e. The van der Waals surface area contributed by atoms with E-state index in [1.54, 1.807) is 48.5 Å². The fourth-order valence-electron chi connectivity index (χ4n) is 3.59. The van der Waals surface area contributed by atoms with Gasteiger partial charge in [-0.1, -0.05) is 71.8 Å². The molecule has 0 aliphatic heterocycles. The molecule has 4 N–H and O–H groups in total. The van der Waals surface area contributed by atoms with Gasteiger partial charge >= 0.3 is 0 Å². The van der Waals surface area contributed by atoms with Gasteiger partial charge in [0.15, 0.2) is 11.6 Å². The van der Waals surface area contributed by atoms with Crippen molar-refractivity contribution in [3.05, 3.63) is 118 Å². The highest BCUT2D eigenvalue weighted by molar-refractivity contribution is 6.14. The number of ketones is 2. The van der Waals surface area contributed by atoms with Crippen LogP contribution in [0.3, 0.4) is 0 Å². The van der Waals surface area contributed by atoms with Crippen molar-refractivity contribution in [3.8, 4) is 11.1 Å². The van der Waals surface area contributed by atoms with Gasteiger partial charge in [0.2, 0.25) is 0 Å². The smallest absolute Gasteiger partial charge is 0.195 e. The third-order valence-electron chi connectivity index (χ3n) is 5.56. The lowest BCUT2D eigenvalue weighted by molar-refractivity contribution is 0.103. The minimum atomic E-state index is -0.143. The molecule has 0 aromatic heterocycles. The van der Waals surface area contributed by atoms with E-state index in [-0.39, 0.29) is 11.6 Å². The van der Waals surface area contributed by atoms with E-state index >= 15 is 0 Å². The van der Waals surface area contributed by atoms with Crippen molar-refractivity contribution in [3.63, 3.8) is 0 Å². The summed E-state index contributed by atoms with van der Waals surface area (Å²) in [6.07, 6.45) is 0. The van der Waals surface area contributed by atoms with E-state index in [0.717, 1.165) is 22.3 Å². The van der Waals surface area contributed by atoms with Crippen LogP contribution in [0.1, 0.15) is 43.0 Å². The maximum atomic E-state index is 13.0. The Hall–Kier alpha value is -4.18. The number of rotatable bonds is 5. The molecule has 0 fully saturated rings. The number of nitrogen functional groups attached to an aromatic ring is 2. The average molecular weight is 421 g/mol. The second-order valence-electron chi connectivity index (χ2n) is 7.99. The van der Waals surface area contributed by atoms with Gasteiger partial charge in [0.25, 0.3) is 0 Å². The molecular weight excluding hydrogens is 396 g/mol. The highest BCUT2D eigenvalue weighted by atomic mass is 16.1. The summed E-state index contributed by atoms with van der Waals surface area (Å²) >= 11 is 0. The van der Waals surface area contributed by atoms with E-state index in [2.05, 4.69) is 0 Å². The SMILES string of the molecule is Cc1ccc(C(=O)c2cc(-c3ccc(N)c(C(=O)c4ccc(C)cc4)c3)ccc2N)cc1. The first-order valence-corrected chi connectivity index (χ1v) is 10.4. The first kappa shape index (κ1) is 21.1. The van der Waals surface area contributed by atoms with Gasteiger partial charge in [-0.3, -0.25) is 9.59 Å². The van der Waals surface area contributed by atoms with E-state index < -0.39 is 0 Å². The fourth-order valence-corrected chi connectivity index (χ4v) is 3.59. The van der Waals surface area contributed by atoms with Gasteiger partial charge in [-0.05, 0) is 49.2 Å². The molecule has 0 aliphatic rings. The zero-order valence-electron chi connectivity index (χ0n) is 18.1. The molecule has 4 aromatic rings. The Kier molecular flexibility index (Phi) is 5.61. The van der Waals surface area contributed by atoms with Crippen molar-refractivity contribution in [2.75, 3.05) is 11.5 Å². The van der Waals surface area contributed by atoms with E-state index in [0.29, 0.717) is 33.6 Å². The molecule has 0 heterocycles. The molecule has 4 aromatic carbocycles. The molecule has 4 heteroatoms. The number of aryl methyl sites for hydroxylation is 2. The Morgan fingerprint density at radius 3 is 1.22 bits per heavy atom. The van der Waals surface area contributed by atoms with Crippen LogP contribution < -0.4 is 11.5 Å². The molecular formula is C28H24N2O2. The van der Waals surface area contributed by atoms with Crippen LogP contribution in [0, 0.1) is 13.8 Å². The predicted octanol–water partition coefficient (Wildman–Crippen LogP) is 5.60. The van der Waals surface area contributed by atoms with Crippen molar-refractivity contribution in [1.29, 1.82) is 0 Å². The van der Waals surface area contributed by atoms with Crippen LogP contribution in [0.4, 0.5) is 11.4 Å². The summed E-state index contributed by atoms with van der Waals surface area (Å²) in [6.45, 7) is 3.94. The molecule has 0 radical (unpaired) electrons. The van der Waals surface area contributed by atoms with Crippen LogP contribution in [0.15, 0.2) is 84.9 Å². The number of hydrogen-bond acceptors (Lipinski definition) is 4. The normalized spacial score (nSPS) is 10.7. The van der Waals surface area contributed by atoms with Crippen LogP contribution >= 0.6 is 0 Å². The summed E-state index contributed by atoms with van der Waals surface area (Å²) in [5.41, 5.74) is 18.8. The number of nitrogens with two attached hydrogens (primary N) is 2. The monoisotopic (exact) mass is 420 g/mol. The average Bonchev–Trinajstić information content (AvgIpc) is 2.80. The highest BCUT2D eigenvalue weighted by Gasteiger charge is 2.16. The number of carbonyl (C=O) groups excluding carboxylic acids is 2. The standard InChI is InChI=1S/C28H24N2O2/c1-17-3-7-19(8-4-17)27(31)23-15-21(11-13-25(23)29)22-12-14-26(30)24(16-22)28(32)20-9-5-18(2)6-10-20/h3-16H,29-30H2,1-2H3. The van der Waals surface area contributed by atoms with Gasteiger partial charge in [-0.15, -0.1) is 0 Å². The number of carbonyl (C=O) groups is 2. The highest BCUT2D eigenvalue weighted by Crippen LogP contribution is 2.29. The summed E-state index contributed by atoms with van der Waals surface area (Å²) in [5, 5.41) is 0. The van der Waals surface area contributed by atoms with Crippen LogP contribution in [0.25, 0.3) is 11.1 Å². The van der Waals surface area contributed by atoms with Crippen molar-refractivity contribution < 1.29 is 9.59 Å². The Balaban J connectivity index is 1.73. The Bertz CT molecular complexity index is 1220. The van der Waals surface area contributed by atoms with Gasteiger partial charge in [-0.2, -0.15) is 0 Å². The summed E-state index contributed by atoms with van der Waals surface area (Å²) in [7, 11) is 0. The molecule has 32 heavy (non-hydrogen) atoms. The molecule has 0 spiro atoms. The number of anilines is 2. The second-order valence-corrected chi connectivity index (χ2v) is 7.99. The van der Waals surface area contributed by atoms with E-state index in [1.165, 1.54) is 0 Å². The summed E-state index contributed by atoms with van der Waals surface area (Å²) in [6, 6.07) is 25.4. The van der Waals surface area contributed by atoms with Crippen molar-refractivity contribution in [2.24, 2.45) is 0 Å². The first-order chi connectivity index (χ1) is 15.3. The minimum absolute atomic E-state index is 0.143. The van der Waals surface area contributed by atoms with Gasteiger partial charge < -0.3 is 11.5 Å². The zero-order chi connectivity index (χ0) is 22.8. The lowest BCUT2D eigenvalue weighted by atomic mass is 9.93. The van der Waals surface area contributed by atoms with E-state index in [9.17, 15) is 9.59 Å². The lowest BCUT2D eigenvalue weighted by Gasteiger charge is -2.11. The first-order valence-electron chi connectivity index (χ1n) is 10.4. The van der Waals surface area contributed by atoms with Gasteiger partial charge in [-0.25, -0.2) is 0 Å². The van der Waals surface area contributed by atoms with Crippen LogP contribution in [-0.4, -0.2) is 11.6 Å². The summed E-state index contributed by atoms with van der Waals surface area (Å²) in [4.78, 5) is 26.1. The molecule has 158 valence electrons. The fraction of sp³-hybridized carbons (Fsp3) is 0.0714. The topological polar surface area (TPSA) is 86.2 Å². The zero-order valence-corrected chi connectivity index (χ0v) is 18.1. The van der Waals surface area contributed by atoms with Crippen LogP contribution in [0.2, 0.25) is 0 Å². The summed E-state index contributed by atoms with van der Waals surface area (Å²) < 4.78 is 0. The molecule has 0 aliphatic carbocycles. The molecule has 0 saturated carbocycles. The van der Waals surface area contributed by atoms with Gasteiger partial charge in [0.05, 0.1) is 0 Å². The molecule has 4 nitrogen and oxygen atoms in total. The Morgan fingerprint density at radius 1 is 0.531 bits per heavy atom. The molecule has 4 rings (SSSR count). The number of hydrogen-bond donors (Lipinski definition) is 2. The maximum Gasteiger partial charge on any atom is 0.195 e. The Labute approximate surface area is 187 Å².